The van der Waals surface area contributed by atoms with Gasteiger partial charge in [-0.1, -0.05) is 12.1 Å². The third kappa shape index (κ3) is 1.89. The Morgan fingerprint density at radius 3 is 2.78 bits per heavy atom. The van der Waals surface area contributed by atoms with Crippen LogP contribution in [-0.4, -0.2) is 35.2 Å². The van der Waals surface area contributed by atoms with Gasteiger partial charge in [0.05, 0.1) is 22.2 Å². The number of carbonyl (C=O) groups is 1. The van der Waals surface area contributed by atoms with Gasteiger partial charge in [-0.15, -0.1) is 0 Å². The van der Waals surface area contributed by atoms with Gasteiger partial charge in [-0.2, -0.15) is 14.6 Å². The van der Waals surface area contributed by atoms with E-state index in [1.807, 2.05) is 0 Å². The summed E-state index contributed by atoms with van der Waals surface area (Å²) in [6.45, 7) is 0. The second-order valence-electron chi connectivity index (χ2n) is 4.84. The van der Waals surface area contributed by atoms with Crippen molar-refractivity contribution in [2.45, 2.75) is 0 Å². The van der Waals surface area contributed by atoms with Crippen LogP contribution in [0.2, 0.25) is 0 Å². The molecule has 23 heavy (non-hydrogen) atoms. The first-order chi connectivity index (χ1) is 11.2. The lowest BCUT2D eigenvalue weighted by Gasteiger charge is -2.10. The van der Waals surface area contributed by atoms with Crippen molar-refractivity contribution in [1.82, 2.24) is 24.1 Å². The Hall–Kier alpha value is -3.55. The summed E-state index contributed by atoms with van der Waals surface area (Å²) >= 11 is 0. The van der Waals surface area contributed by atoms with Crippen molar-refractivity contribution in [2.75, 3.05) is 0 Å². The van der Waals surface area contributed by atoms with Crippen LogP contribution in [-0.2, 0) is 0 Å². The van der Waals surface area contributed by atoms with Gasteiger partial charge < -0.3 is 5.11 Å². The third-order valence-corrected chi connectivity index (χ3v) is 3.57. The summed E-state index contributed by atoms with van der Waals surface area (Å²) in [6.07, 6.45) is 4.29. The van der Waals surface area contributed by atoms with E-state index in [-0.39, 0.29) is 11.1 Å². The van der Waals surface area contributed by atoms with E-state index in [0.29, 0.717) is 22.4 Å². The minimum atomic E-state index is -1.10. The van der Waals surface area contributed by atoms with Crippen molar-refractivity contribution < 1.29 is 9.90 Å². The molecule has 0 aliphatic rings. The highest BCUT2D eigenvalue weighted by Gasteiger charge is 2.14. The highest BCUT2D eigenvalue weighted by atomic mass is 16.4. The summed E-state index contributed by atoms with van der Waals surface area (Å²) in [7, 11) is 0. The van der Waals surface area contributed by atoms with E-state index in [4.69, 9.17) is 0 Å². The summed E-state index contributed by atoms with van der Waals surface area (Å²) in [5.74, 6) is -0.710. The van der Waals surface area contributed by atoms with Crippen molar-refractivity contribution in [2.24, 2.45) is 0 Å². The number of benzene rings is 1. The molecule has 0 fully saturated rings. The van der Waals surface area contributed by atoms with Crippen LogP contribution in [0.4, 0.5) is 0 Å². The molecule has 0 amide bonds. The molecular formula is C15H9N5O3. The number of fused-ring (bicyclic) bond motifs is 3. The number of hydrogen-bond donors (Lipinski definition) is 1. The maximum atomic E-state index is 12.7. The molecular weight excluding hydrogens is 298 g/mol. The van der Waals surface area contributed by atoms with Crippen LogP contribution in [0.15, 0.2) is 53.8 Å². The van der Waals surface area contributed by atoms with Crippen molar-refractivity contribution in [1.29, 1.82) is 0 Å². The number of rotatable bonds is 2. The van der Waals surface area contributed by atoms with Crippen molar-refractivity contribution in [3.05, 3.63) is 65.0 Å². The first-order valence-corrected chi connectivity index (χ1v) is 6.69. The molecule has 0 unspecified atom stereocenters. The molecule has 0 aliphatic carbocycles. The average molecular weight is 307 g/mol. The van der Waals surface area contributed by atoms with Crippen LogP contribution in [0.5, 0.6) is 0 Å². The van der Waals surface area contributed by atoms with Crippen LogP contribution in [0, 0.1) is 0 Å². The Labute approximate surface area is 128 Å². The predicted octanol–water partition coefficient (Wildman–Crippen LogP) is 1.13. The Bertz CT molecular complexity index is 1130. The van der Waals surface area contributed by atoms with Gasteiger partial charge >= 0.3 is 5.97 Å². The second-order valence-corrected chi connectivity index (χ2v) is 4.84. The Kier molecular flexibility index (Phi) is 2.70. The molecule has 0 saturated carbocycles. The van der Waals surface area contributed by atoms with E-state index >= 15 is 0 Å². The van der Waals surface area contributed by atoms with E-state index in [9.17, 15) is 14.7 Å². The number of hydrogen-bond acceptors (Lipinski definition) is 5. The summed E-state index contributed by atoms with van der Waals surface area (Å²) < 4.78 is 2.75. The molecule has 8 nitrogen and oxygen atoms in total. The molecule has 1 N–H and O–H groups in total. The summed E-state index contributed by atoms with van der Waals surface area (Å²) in [6, 6.07) is 8.00. The zero-order valence-electron chi connectivity index (χ0n) is 11.6. The van der Waals surface area contributed by atoms with Gasteiger partial charge in [0.15, 0.2) is 0 Å². The van der Waals surface area contributed by atoms with E-state index in [1.165, 1.54) is 33.9 Å². The number of para-hydroxylation sites is 1. The monoisotopic (exact) mass is 307 g/mol. The molecule has 8 heteroatoms. The van der Waals surface area contributed by atoms with Crippen LogP contribution in [0.1, 0.15) is 10.4 Å². The molecule has 0 radical (unpaired) electrons. The van der Waals surface area contributed by atoms with E-state index < -0.39 is 5.97 Å². The smallest absolute Gasteiger partial charge is 0.337 e. The Morgan fingerprint density at radius 2 is 1.96 bits per heavy atom. The summed E-state index contributed by atoms with van der Waals surface area (Å²) in [5, 5.41) is 13.7. The zero-order chi connectivity index (χ0) is 16.0. The number of nitrogens with zero attached hydrogens (tertiary/aromatic N) is 5. The first-order valence-electron chi connectivity index (χ1n) is 6.69. The average Bonchev–Trinajstić information content (AvgIpc) is 3.04. The zero-order valence-corrected chi connectivity index (χ0v) is 11.6. The van der Waals surface area contributed by atoms with Crippen molar-refractivity contribution in [3.8, 4) is 5.69 Å². The molecule has 0 aliphatic heterocycles. The number of carboxylic acid groups (broad SMARTS) is 1. The largest absolute Gasteiger partial charge is 0.478 e. The number of carboxylic acids is 1. The fraction of sp³-hybridized carbons (Fsp3) is 0. The van der Waals surface area contributed by atoms with Gasteiger partial charge in [-0.3, -0.25) is 9.36 Å². The molecule has 0 atom stereocenters. The number of pyridine rings is 1. The SMILES string of the molecule is O=C(O)c1ccccc1-n1ccc2c(cnc3ncnn32)c1=O. The number of aromatic nitrogens is 5. The van der Waals surface area contributed by atoms with Gasteiger partial charge in [0.1, 0.15) is 6.33 Å². The lowest BCUT2D eigenvalue weighted by Crippen LogP contribution is -2.21. The molecule has 4 rings (SSSR count). The van der Waals surface area contributed by atoms with Crippen molar-refractivity contribution in [3.63, 3.8) is 0 Å². The molecule has 0 spiro atoms. The fourth-order valence-corrected chi connectivity index (χ4v) is 2.52. The maximum absolute atomic E-state index is 12.7. The van der Waals surface area contributed by atoms with E-state index in [0.717, 1.165) is 0 Å². The fourth-order valence-electron chi connectivity index (χ4n) is 2.52. The molecule has 3 heterocycles. The number of aromatic carboxylic acids is 1. The minimum Gasteiger partial charge on any atom is -0.478 e. The topological polar surface area (TPSA) is 102 Å². The van der Waals surface area contributed by atoms with Crippen LogP contribution >= 0.6 is 0 Å². The van der Waals surface area contributed by atoms with Gasteiger partial charge in [0, 0.05) is 12.4 Å². The quantitative estimate of drug-likeness (QED) is 0.595. The standard InChI is InChI=1S/C15H9N5O3/c21-13-10-7-16-15-17-8-18-20(15)12(10)5-6-19(13)11-4-2-1-3-9(11)14(22)23/h1-8H,(H,22,23). The van der Waals surface area contributed by atoms with Crippen LogP contribution in [0.25, 0.3) is 22.4 Å². The van der Waals surface area contributed by atoms with Crippen LogP contribution in [0.3, 0.4) is 0 Å². The highest BCUT2D eigenvalue weighted by molar-refractivity contribution is 5.92. The normalized spacial score (nSPS) is 11.1. The minimum absolute atomic E-state index is 0.0451. The molecule has 0 bridgehead atoms. The van der Waals surface area contributed by atoms with E-state index in [2.05, 4.69) is 15.1 Å². The van der Waals surface area contributed by atoms with Gasteiger partial charge in [-0.25, -0.2) is 9.78 Å². The Morgan fingerprint density at radius 1 is 1.13 bits per heavy atom. The molecule has 1 aromatic carbocycles. The lowest BCUT2D eigenvalue weighted by atomic mass is 10.1. The van der Waals surface area contributed by atoms with E-state index in [1.54, 1.807) is 24.3 Å². The molecule has 3 aromatic heterocycles. The molecule has 112 valence electrons. The maximum Gasteiger partial charge on any atom is 0.337 e. The second kappa shape index (κ2) is 4.73. The summed E-state index contributed by atoms with van der Waals surface area (Å²) in [4.78, 5) is 32.2. The predicted molar refractivity (Wildman–Crippen MR) is 80.8 cm³/mol. The lowest BCUT2D eigenvalue weighted by molar-refractivity contribution is 0.0697. The van der Waals surface area contributed by atoms with Gasteiger partial charge in [0.25, 0.3) is 11.3 Å². The first kappa shape index (κ1) is 13.1. The highest BCUT2D eigenvalue weighted by Crippen LogP contribution is 2.15. The van der Waals surface area contributed by atoms with Gasteiger partial charge in [0.2, 0.25) is 0 Å². The molecule has 4 aromatic rings. The summed E-state index contributed by atoms with van der Waals surface area (Å²) in [5.41, 5.74) is 0.525. The van der Waals surface area contributed by atoms with Crippen molar-refractivity contribution >= 4 is 22.6 Å². The third-order valence-electron chi connectivity index (χ3n) is 3.57. The molecule has 0 saturated heterocycles. The van der Waals surface area contributed by atoms with Gasteiger partial charge in [-0.05, 0) is 18.2 Å². The van der Waals surface area contributed by atoms with Crippen LogP contribution < -0.4 is 5.56 Å². The Balaban J connectivity index is 2.07.